The number of hydrogen-bond acceptors (Lipinski definition) is 3. The third-order valence-corrected chi connectivity index (χ3v) is 2.87. The van der Waals surface area contributed by atoms with E-state index in [-0.39, 0.29) is 5.56 Å². The van der Waals surface area contributed by atoms with Crippen molar-refractivity contribution < 1.29 is 13.2 Å². The summed E-state index contributed by atoms with van der Waals surface area (Å²) in [7, 11) is 0. The van der Waals surface area contributed by atoms with Crippen LogP contribution in [0.15, 0.2) is 36.4 Å². The molecule has 0 amide bonds. The van der Waals surface area contributed by atoms with Gasteiger partial charge in [-0.3, -0.25) is 4.98 Å². The number of aromatic nitrogens is 1. The summed E-state index contributed by atoms with van der Waals surface area (Å²) in [6.07, 6.45) is -4.46. The lowest BCUT2D eigenvalue weighted by atomic mass is 10.1. The van der Waals surface area contributed by atoms with Gasteiger partial charge in [-0.2, -0.15) is 18.4 Å². The Morgan fingerprint density at radius 2 is 2.00 bits per heavy atom. The molecule has 1 aromatic heterocycles. The largest absolute Gasteiger partial charge is 0.416 e. The minimum atomic E-state index is -4.46. The van der Waals surface area contributed by atoms with Crippen molar-refractivity contribution in [1.29, 1.82) is 5.26 Å². The van der Waals surface area contributed by atoms with Gasteiger partial charge in [0.05, 0.1) is 29.1 Å². The molecular formula is C15H12F3N3. The van der Waals surface area contributed by atoms with E-state index < -0.39 is 11.7 Å². The summed E-state index contributed by atoms with van der Waals surface area (Å²) in [4.78, 5) is 4.28. The standard InChI is InChI=1S/C15H12F3N3/c1-10-3-2-4-13(21-10)9-20-14-6-5-12(15(16,17)18)7-11(14)8-19/h2-7,20H,9H2,1H3. The van der Waals surface area contributed by atoms with Gasteiger partial charge in [0.2, 0.25) is 0 Å². The molecule has 21 heavy (non-hydrogen) atoms. The van der Waals surface area contributed by atoms with Crippen molar-refractivity contribution in [1.82, 2.24) is 4.98 Å². The number of rotatable bonds is 3. The molecule has 0 radical (unpaired) electrons. The van der Waals surface area contributed by atoms with Crippen molar-refractivity contribution in [3.05, 3.63) is 58.9 Å². The zero-order valence-electron chi connectivity index (χ0n) is 11.2. The van der Waals surface area contributed by atoms with E-state index in [0.717, 1.165) is 23.5 Å². The molecule has 2 aromatic rings. The van der Waals surface area contributed by atoms with Crippen LogP contribution in [0.5, 0.6) is 0 Å². The molecule has 0 saturated carbocycles. The Balaban J connectivity index is 2.19. The number of pyridine rings is 1. The van der Waals surface area contributed by atoms with Gasteiger partial charge in [0, 0.05) is 5.69 Å². The molecule has 0 aliphatic rings. The smallest absolute Gasteiger partial charge is 0.378 e. The van der Waals surface area contributed by atoms with Crippen molar-refractivity contribution >= 4 is 5.69 Å². The molecule has 0 saturated heterocycles. The van der Waals surface area contributed by atoms with Gasteiger partial charge in [-0.15, -0.1) is 0 Å². The van der Waals surface area contributed by atoms with Gasteiger partial charge in [-0.05, 0) is 37.3 Å². The summed E-state index contributed by atoms with van der Waals surface area (Å²) in [5, 5.41) is 11.9. The first-order valence-electron chi connectivity index (χ1n) is 6.18. The molecule has 3 nitrogen and oxygen atoms in total. The second-order valence-corrected chi connectivity index (χ2v) is 4.49. The second kappa shape index (κ2) is 5.83. The van der Waals surface area contributed by atoms with Crippen LogP contribution >= 0.6 is 0 Å². The predicted octanol–water partition coefficient (Wildman–Crippen LogP) is 3.89. The van der Waals surface area contributed by atoms with Crippen LogP contribution in [0.3, 0.4) is 0 Å². The molecule has 2 rings (SSSR count). The molecule has 1 aromatic carbocycles. The maximum Gasteiger partial charge on any atom is 0.416 e. The van der Waals surface area contributed by atoms with E-state index in [1.165, 1.54) is 6.07 Å². The van der Waals surface area contributed by atoms with Crippen LogP contribution in [0, 0.1) is 18.3 Å². The quantitative estimate of drug-likeness (QED) is 0.933. The van der Waals surface area contributed by atoms with E-state index in [2.05, 4.69) is 10.3 Å². The zero-order chi connectivity index (χ0) is 15.5. The first kappa shape index (κ1) is 14.9. The van der Waals surface area contributed by atoms with Gasteiger partial charge in [-0.25, -0.2) is 0 Å². The monoisotopic (exact) mass is 291 g/mol. The van der Waals surface area contributed by atoms with E-state index in [0.29, 0.717) is 12.2 Å². The number of alkyl halides is 3. The van der Waals surface area contributed by atoms with Gasteiger partial charge in [0.15, 0.2) is 0 Å². The van der Waals surface area contributed by atoms with Crippen molar-refractivity contribution in [3.8, 4) is 6.07 Å². The summed E-state index contributed by atoms with van der Waals surface area (Å²) in [6.45, 7) is 2.18. The van der Waals surface area contributed by atoms with E-state index in [4.69, 9.17) is 5.26 Å². The van der Waals surface area contributed by atoms with Crippen molar-refractivity contribution in [3.63, 3.8) is 0 Å². The molecule has 0 aliphatic heterocycles. The molecule has 1 heterocycles. The predicted molar refractivity (Wildman–Crippen MR) is 72.5 cm³/mol. The molecule has 0 fully saturated rings. The summed E-state index contributed by atoms with van der Waals surface area (Å²) in [5.41, 5.74) is 1.07. The summed E-state index contributed by atoms with van der Waals surface area (Å²) in [6, 6.07) is 10.3. The van der Waals surface area contributed by atoms with Crippen LogP contribution in [-0.4, -0.2) is 4.98 Å². The van der Waals surface area contributed by atoms with E-state index in [1.54, 1.807) is 12.1 Å². The highest BCUT2D eigenvalue weighted by molar-refractivity contribution is 5.59. The molecule has 0 atom stereocenters. The molecule has 0 bridgehead atoms. The lowest BCUT2D eigenvalue weighted by Crippen LogP contribution is -2.08. The fourth-order valence-electron chi connectivity index (χ4n) is 1.85. The minimum absolute atomic E-state index is 0.0440. The number of nitrogens with zero attached hydrogens (tertiary/aromatic N) is 2. The van der Waals surface area contributed by atoms with Crippen molar-refractivity contribution in [2.24, 2.45) is 0 Å². The summed E-state index contributed by atoms with van der Waals surface area (Å²) >= 11 is 0. The number of anilines is 1. The van der Waals surface area contributed by atoms with Crippen LogP contribution in [-0.2, 0) is 12.7 Å². The number of aryl methyl sites for hydroxylation is 1. The Kier molecular flexibility index (Phi) is 4.13. The average Bonchev–Trinajstić information content (AvgIpc) is 2.44. The molecule has 108 valence electrons. The molecular weight excluding hydrogens is 279 g/mol. The zero-order valence-corrected chi connectivity index (χ0v) is 11.2. The topological polar surface area (TPSA) is 48.7 Å². The fraction of sp³-hybridized carbons (Fsp3) is 0.200. The summed E-state index contributed by atoms with van der Waals surface area (Å²) in [5.74, 6) is 0. The Bertz CT molecular complexity index is 687. The highest BCUT2D eigenvalue weighted by atomic mass is 19.4. The maximum absolute atomic E-state index is 12.6. The van der Waals surface area contributed by atoms with E-state index in [1.807, 2.05) is 19.1 Å². The third kappa shape index (κ3) is 3.72. The summed E-state index contributed by atoms with van der Waals surface area (Å²) < 4.78 is 37.8. The Labute approximate surface area is 120 Å². The average molecular weight is 291 g/mol. The number of benzene rings is 1. The second-order valence-electron chi connectivity index (χ2n) is 4.49. The molecule has 0 spiro atoms. The molecule has 0 unspecified atom stereocenters. The van der Waals surface area contributed by atoms with Gasteiger partial charge in [0.1, 0.15) is 6.07 Å². The third-order valence-electron chi connectivity index (χ3n) is 2.87. The van der Waals surface area contributed by atoms with Crippen LogP contribution in [0.25, 0.3) is 0 Å². The maximum atomic E-state index is 12.6. The number of nitriles is 1. The van der Waals surface area contributed by atoms with Gasteiger partial charge < -0.3 is 5.32 Å². The van der Waals surface area contributed by atoms with Crippen LogP contribution in [0.1, 0.15) is 22.5 Å². The van der Waals surface area contributed by atoms with Gasteiger partial charge >= 0.3 is 6.18 Å². The minimum Gasteiger partial charge on any atom is -0.378 e. The van der Waals surface area contributed by atoms with Crippen LogP contribution < -0.4 is 5.32 Å². The highest BCUT2D eigenvalue weighted by Crippen LogP contribution is 2.31. The molecule has 1 N–H and O–H groups in total. The number of nitrogens with one attached hydrogen (secondary N) is 1. The highest BCUT2D eigenvalue weighted by Gasteiger charge is 2.31. The lowest BCUT2D eigenvalue weighted by molar-refractivity contribution is -0.137. The number of halogens is 3. The Morgan fingerprint density at radius 3 is 2.62 bits per heavy atom. The molecule has 0 aliphatic carbocycles. The first-order chi connectivity index (χ1) is 9.90. The molecule has 6 heteroatoms. The van der Waals surface area contributed by atoms with Crippen molar-refractivity contribution in [2.75, 3.05) is 5.32 Å². The van der Waals surface area contributed by atoms with Crippen LogP contribution in [0.2, 0.25) is 0 Å². The fourth-order valence-corrected chi connectivity index (χ4v) is 1.85. The lowest BCUT2D eigenvalue weighted by Gasteiger charge is -2.11. The number of hydrogen-bond donors (Lipinski definition) is 1. The van der Waals surface area contributed by atoms with Gasteiger partial charge in [-0.1, -0.05) is 6.07 Å². The Morgan fingerprint density at radius 1 is 1.24 bits per heavy atom. The first-order valence-corrected chi connectivity index (χ1v) is 6.18. The van der Waals surface area contributed by atoms with Crippen molar-refractivity contribution in [2.45, 2.75) is 19.6 Å². The van der Waals surface area contributed by atoms with E-state index in [9.17, 15) is 13.2 Å². The Hall–Kier alpha value is -2.55. The van der Waals surface area contributed by atoms with E-state index >= 15 is 0 Å². The SMILES string of the molecule is Cc1cccc(CNc2ccc(C(F)(F)F)cc2C#N)n1. The van der Waals surface area contributed by atoms with Crippen LogP contribution in [0.4, 0.5) is 18.9 Å². The van der Waals surface area contributed by atoms with Gasteiger partial charge in [0.25, 0.3) is 0 Å². The normalized spacial score (nSPS) is 11.0.